The Morgan fingerprint density at radius 1 is 0.729 bits per heavy atom. The second kappa shape index (κ2) is 22.4. The predicted octanol–water partition coefficient (Wildman–Crippen LogP) is -1.91. The van der Waals surface area contributed by atoms with E-state index in [4.69, 9.17) is 23.6 Å². The molecule has 2 aliphatic rings. The highest BCUT2D eigenvalue weighted by molar-refractivity contribution is 8.76. The molecule has 0 radical (unpaired) electrons. The van der Waals surface area contributed by atoms with E-state index < -0.39 is 96.0 Å². The molecular formula is C39H49N9O9S2. The van der Waals surface area contributed by atoms with Crippen LogP contribution in [0.4, 0.5) is 0 Å². The van der Waals surface area contributed by atoms with E-state index >= 15 is 0 Å². The summed E-state index contributed by atoms with van der Waals surface area (Å²) in [6, 6.07) is 5.82. The quantitative estimate of drug-likeness (QED) is 0.0935. The monoisotopic (exact) mass is 851 g/mol. The van der Waals surface area contributed by atoms with Crippen molar-refractivity contribution in [1.82, 2.24) is 31.5 Å². The topological polar surface area (TPSA) is 298 Å². The zero-order valence-corrected chi connectivity index (χ0v) is 33.7. The van der Waals surface area contributed by atoms with Crippen molar-refractivity contribution in [2.24, 2.45) is 17.2 Å². The van der Waals surface area contributed by atoms with Crippen LogP contribution in [0.15, 0.2) is 54.6 Å². The number of likely N-dealkylation sites (tertiary alicyclic amines) is 1. The van der Waals surface area contributed by atoms with Crippen LogP contribution in [0.5, 0.6) is 5.75 Å². The molecule has 1 unspecified atom stereocenters. The zero-order chi connectivity index (χ0) is 43.1. The molecule has 2 aromatic rings. The van der Waals surface area contributed by atoms with Gasteiger partial charge >= 0.3 is 0 Å². The molecule has 4 rings (SSSR count). The van der Waals surface area contributed by atoms with E-state index in [0.29, 0.717) is 30.5 Å². The molecule has 2 fully saturated rings. The van der Waals surface area contributed by atoms with Gasteiger partial charge in [0.2, 0.25) is 47.3 Å². The number of benzene rings is 2. The summed E-state index contributed by atoms with van der Waals surface area (Å²) in [5.74, 6) is -4.11. The molecule has 59 heavy (non-hydrogen) atoms. The van der Waals surface area contributed by atoms with Gasteiger partial charge in [0.1, 0.15) is 36.0 Å². The van der Waals surface area contributed by atoms with Gasteiger partial charge in [0, 0.05) is 37.3 Å². The van der Waals surface area contributed by atoms with Crippen LogP contribution in [0.2, 0.25) is 0 Å². The zero-order valence-electron chi connectivity index (χ0n) is 32.1. The van der Waals surface area contributed by atoms with Crippen LogP contribution in [0.3, 0.4) is 0 Å². The summed E-state index contributed by atoms with van der Waals surface area (Å²) < 4.78 is 0. The Bertz CT molecular complexity index is 1900. The Kier molecular flexibility index (Phi) is 17.4. The normalized spacial score (nSPS) is 25.3. The number of aromatic hydroxyl groups is 1. The van der Waals surface area contributed by atoms with Crippen LogP contribution in [0.1, 0.15) is 43.2 Å². The summed E-state index contributed by atoms with van der Waals surface area (Å²) in [5, 5.41) is 22.8. The maximum Gasteiger partial charge on any atom is 0.247 e. The van der Waals surface area contributed by atoms with E-state index in [0.717, 1.165) is 21.6 Å². The molecule has 18 nitrogen and oxygen atoms in total. The molecule has 12 N–H and O–H groups in total. The molecule has 316 valence electrons. The molecule has 20 heteroatoms. The number of nitrogens with zero attached hydrogens (tertiary/aromatic N) is 1. The van der Waals surface area contributed by atoms with Gasteiger partial charge in [-0.15, -0.1) is 6.42 Å². The number of carbonyl (C=O) groups excluding carboxylic acids is 8. The molecular weight excluding hydrogens is 803 g/mol. The molecule has 7 atom stereocenters. The second-order valence-corrected chi connectivity index (χ2v) is 16.6. The van der Waals surface area contributed by atoms with E-state index in [2.05, 4.69) is 32.5 Å². The predicted molar refractivity (Wildman–Crippen MR) is 220 cm³/mol. The first kappa shape index (κ1) is 45.9. The first-order valence-corrected chi connectivity index (χ1v) is 21.3. The minimum Gasteiger partial charge on any atom is -0.508 e. The summed E-state index contributed by atoms with van der Waals surface area (Å²) in [6.45, 7) is 0.329. The number of terminal acetylenes is 1. The lowest BCUT2D eigenvalue weighted by atomic mass is 10.0. The summed E-state index contributed by atoms with van der Waals surface area (Å²) in [4.78, 5) is 109. The number of rotatable bonds is 10. The van der Waals surface area contributed by atoms with Crippen LogP contribution < -0.4 is 43.8 Å². The van der Waals surface area contributed by atoms with Crippen molar-refractivity contribution in [3.05, 3.63) is 65.7 Å². The van der Waals surface area contributed by atoms with Gasteiger partial charge in [-0.05, 0) is 42.5 Å². The highest BCUT2D eigenvalue weighted by Gasteiger charge is 2.37. The largest absolute Gasteiger partial charge is 0.508 e. The van der Waals surface area contributed by atoms with Gasteiger partial charge in [-0.3, -0.25) is 38.4 Å². The maximum atomic E-state index is 14.1. The average Bonchev–Trinajstić information content (AvgIpc) is 3.69. The van der Waals surface area contributed by atoms with Gasteiger partial charge in [-0.2, -0.15) is 0 Å². The van der Waals surface area contributed by atoms with E-state index in [1.807, 2.05) is 0 Å². The van der Waals surface area contributed by atoms with Crippen LogP contribution in [0, 0.1) is 12.3 Å². The summed E-state index contributed by atoms with van der Waals surface area (Å²) in [5.41, 5.74) is 18.3. The number of nitrogens with one attached hydrogen (secondary N) is 5. The highest BCUT2D eigenvalue weighted by atomic mass is 33.1. The Hall–Kier alpha value is -5.78. The van der Waals surface area contributed by atoms with Gasteiger partial charge in [0.15, 0.2) is 0 Å². The third-order valence-electron chi connectivity index (χ3n) is 9.52. The summed E-state index contributed by atoms with van der Waals surface area (Å²) in [7, 11) is 2.24. The summed E-state index contributed by atoms with van der Waals surface area (Å²) in [6.07, 6.45) is 5.25. The lowest BCUT2D eigenvalue weighted by molar-refractivity contribution is -0.138. The van der Waals surface area contributed by atoms with Crippen molar-refractivity contribution in [3.63, 3.8) is 0 Å². The third-order valence-corrected chi connectivity index (χ3v) is 12.0. The Labute approximate surface area is 349 Å². The minimum atomic E-state index is -1.63. The standard InChI is InChI=1S/C39H49N9O9S2/c1-2-24-9-6-16-48(24)39(57)31-21-59-58-20-26(40)34(52)44-28(18-23-10-12-25(49)13-11-23)37(55)45-29(17-22-7-4-3-5-8-22)36(54)43-27(14-15-32(41)50)35(53)46-30(19-33(42)51)38(56)47-31/h1,3-5,7-8,10-13,24,26-31,49H,6,9,14-21,40H2,(H2,41,50)(H2,42,51)(H,43,54)(H,44,52)(H,45,55)(H,46,53)(H,47,56)/t24?,26-,27-,28-,29-,30-,31-/m0/s1. The van der Waals surface area contributed by atoms with E-state index in [9.17, 15) is 43.5 Å². The number of nitrogens with two attached hydrogens (primary N) is 3. The molecule has 8 amide bonds. The highest BCUT2D eigenvalue weighted by Crippen LogP contribution is 2.25. The first-order valence-electron chi connectivity index (χ1n) is 18.8. The number of hydrogen-bond acceptors (Lipinski definition) is 12. The Morgan fingerprint density at radius 3 is 1.88 bits per heavy atom. The number of amides is 8. The molecule has 2 aromatic carbocycles. The number of phenolic OH excluding ortho intramolecular Hbond substituents is 1. The van der Waals surface area contributed by atoms with Gasteiger partial charge in [0.25, 0.3) is 0 Å². The van der Waals surface area contributed by atoms with Crippen molar-refractivity contribution in [2.45, 2.75) is 87.2 Å². The van der Waals surface area contributed by atoms with Gasteiger partial charge in [-0.25, -0.2) is 0 Å². The van der Waals surface area contributed by atoms with Gasteiger partial charge < -0.3 is 53.8 Å². The molecule has 0 saturated carbocycles. The number of primary amides is 2. The fourth-order valence-corrected chi connectivity index (χ4v) is 8.64. The van der Waals surface area contributed by atoms with Crippen molar-refractivity contribution in [3.8, 4) is 18.1 Å². The number of carbonyl (C=O) groups is 8. The fraction of sp³-hybridized carbons (Fsp3) is 0.436. The molecule has 2 saturated heterocycles. The lowest BCUT2D eigenvalue weighted by Crippen LogP contribution is -2.61. The first-order chi connectivity index (χ1) is 28.1. The molecule has 2 heterocycles. The van der Waals surface area contributed by atoms with Crippen molar-refractivity contribution >= 4 is 68.8 Å². The minimum absolute atomic E-state index is 0.00167. The van der Waals surface area contributed by atoms with E-state index in [-0.39, 0.29) is 42.9 Å². The molecule has 2 aliphatic heterocycles. The van der Waals surface area contributed by atoms with Crippen LogP contribution in [-0.2, 0) is 51.2 Å². The van der Waals surface area contributed by atoms with Crippen LogP contribution in [-0.4, -0.2) is 118 Å². The SMILES string of the molecule is C#CC1CCCN1C(=O)[C@@H]1CSSC[C@H](N)C(=O)N[C@@H](Cc2ccc(O)cc2)C(=O)N[C@@H](Cc2ccccc2)C(=O)N[C@@H](CCC(N)=O)C(=O)N[C@@H](CC(N)=O)C(=O)N1. The van der Waals surface area contributed by atoms with E-state index in [1.165, 1.54) is 17.0 Å². The van der Waals surface area contributed by atoms with Crippen LogP contribution >= 0.6 is 21.6 Å². The molecule has 0 spiro atoms. The van der Waals surface area contributed by atoms with Crippen molar-refractivity contribution in [2.75, 3.05) is 18.1 Å². The number of hydrogen-bond donors (Lipinski definition) is 9. The smallest absolute Gasteiger partial charge is 0.247 e. The average molecular weight is 852 g/mol. The second-order valence-electron chi connectivity index (χ2n) is 14.1. The Morgan fingerprint density at radius 2 is 1.27 bits per heavy atom. The van der Waals surface area contributed by atoms with Gasteiger partial charge in [-0.1, -0.05) is 70.0 Å². The third kappa shape index (κ3) is 14.2. The summed E-state index contributed by atoms with van der Waals surface area (Å²) >= 11 is 0. The Balaban J connectivity index is 1.73. The molecule has 0 aromatic heterocycles. The molecule has 0 aliphatic carbocycles. The van der Waals surface area contributed by atoms with Crippen molar-refractivity contribution in [1.29, 1.82) is 0 Å². The molecule has 0 bridgehead atoms. The fourth-order valence-electron chi connectivity index (χ4n) is 6.36. The van der Waals surface area contributed by atoms with Crippen molar-refractivity contribution < 1.29 is 43.5 Å². The number of phenols is 1. The van der Waals surface area contributed by atoms with Gasteiger partial charge in [0.05, 0.1) is 18.5 Å². The van der Waals surface area contributed by atoms with Crippen LogP contribution in [0.25, 0.3) is 0 Å². The maximum absolute atomic E-state index is 14.1. The lowest BCUT2D eigenvalue weighted by Gasteiger charge is -2.29. The van der Waals surface area contributed by atoms with E-state index in [1.54, 1.807) is 42.5 Å².